The fraction of sp³-hybridized carbons (Fsp3) is 0.533. The predicted molar refractivity (Wildman–Crippen MR) is 64.7 cm³/mol. The third-order valence-corrected chi connectivity index (χ3v) is 4.43. The number of carbonyl (C=O) groups is 1. The Balaban J connectivity index is 1.81. The third-order valence-electron chi connectivity index (χ3n) is 4.43. The van der Waals surface area contributed by atoms with Gasteiger partial charge in [-0.2, -0.15) is 13.2 Å². The Labute approximate surface area is 109 Å². The summed E-state index contributed by atoms with van der Waals surface area (Å²) in [5, 5.41) is 0. The van der Waals surface area contributed by atoms with Gasteiger partial charge < -0.3 is 0 Å². The van der Waals surface area contributed by atoms with Crippen molar-refractivity contribution in [3.05, 3.63) is 35.4 Å². The van der Waals surface area contributed by atoms with E-state index in [1.165, 1.54) is 12.1 Å². The van der Waals surface area contributed by atoms with Gasteiger partial charge in [0.2, 0.25) is 0 Å². The van der Waals surface area contributed by atoms with Crippen LogP contribution < -0.4 is 0 Å². The van der Waals surface area contributed by atoms with Crippen molar-refractivity contribution in [2.45, 2.75) is 31.9 Å². The summed E-state index contributed by atoms with van der Waals surface area (Å²) in [6.45, 7) is 0. The first-order valence-corrected chi connectivity index (χ1v) is 6.70. The molecule has 2 saturated carbocycles. The second-order valence-electron chi connectivity index (χ2n) is 5.58. The molecule has 2 unspecified atom stereocenters. The highest BCUT2D eigenvalue weighted by Crippen LogP contribution is 2.56. The zero-order valence-electron chi connectivity index (χ0n) is 10.4. The van der Waals surface area contributed by atoms with Crippen LogP contribution >= 0.6 is 0 Å². The average molecular weight is 268 g/mol. The van der Waals surface area contributed by atoms with Crippen molar-refractivity contribution in [2.24, 2.45) is 17.8 Å². The smallest absolute Gasteiger partial charge is 0.294 e. The molecule has 2 fully saturated rings. The molecule has 0 aromatic heterocycles. The van der Waals surface area contributed by atoms with Crippen molar-refractivity contribution < 1.29 is 18.0 Å². The van der Waals surface area contributed by atoms with E-state index >= 15 is 0 Å². The van der Waals surface area contributed by atoms with Gasteiger partial charge in [-0.1, -0.05) is 25.0 Å². The first-order chi connectivity index (χ1) is 8.98. The Kier molecular flexibility index (Phi) is 2.91. The van der Waals surface area contributed by atoms with Crippen molar-refractivity contribution >= 4 is 5.78 Å². The molecule has 0 spiro atoms. The summed E-state index contributed by atoms with van der Waals surface area (Å²) in [5.74, 6) is 0.737. The molecular weight excluding hydrogens is 253 g/mol. The summed E-state index contributed by atoms with van der Waals surface area (Å²) in [7, 11) is 0. The van der Waals surface area contributed by atoms with E-state index in [4.69, 9.17) is 0 Å². The van der Waals surface area contributed by atoms with Gasteiger partial charge in [0.1, 0.15) is 0 Å². The van der Waals surface area contributed by atoms with E-state index in [9.17, 15) is 18.0 Å². The van der Waals surface area contributed by atoms with Crippen molar-refractivity contribution in [1.29, 1.82) is 0 Å². The largest absolute Gasteiger partial charge is 0.416 e. The molecule has 3 rings (SSSR count). The van der Waals surface area contributed by atoms with Crippen LogP contribution in [0.25, 0.3) is 0 Å². The molecule has 0 aliphatic heterocycles. The van der Waals surface area contributed by atoms with Crippen molar-refractivity contribution in [3.8, 4) is 0 Å². The topological polar surface area (TPSA) is 17.1 Å². The Hall–Kier alpha value is -1.32. The average Bonchev–Trinajstić information content (AvgIpc) is 3.11. The van der Waals surface area contributed by atoms with E-state index in [0.29, 0.717) is 11.8 Å². The van der Waals surface area contributed by atoms with Gasteiger partial charge in [0.25, 0.3) is 0 Å². The van der Waals surface area contributed by atoms with Crippen molar-refractivity contribution in [3.63, 3.8) is 0 Å². The summed E-state index contributed by atoms with van der Waals surface area (Å²) in [6, 6.07) is 4.83. The molecule has 1 aromatic carbocycles. The Morgan fingerprint density at radius 3 is 2.32 bits per heavy atom. The molecule has 0 saturated heterocycles. The minimum Gasteiger partial charge on any atom is -0.294 e. The van der Waals surface area contributed by atoms with Crippen LogP contribution in [-0.2, 0) is 6.18 Å². The summed E-state index contributed by atoms with van der Waals surface area (Å²) >= 11 is 0. The lowest BCUT2D eigenvalue weighted by atomic mass is 10.0. The molecule has 102 valence electrons. The summed E-state index contributed by atoms with van der Waals surface area (Å²) in [5.41, 5.74) is -0.517. The van der Waals surface area contributed by atoms with Gasteiger partial charge in [-0.25, -0.2) is 0 Å². The maximum absolute atomic E-state index is 12.6. The molecule has 0 radical (unpaired) electrons. The number of Topliss-reactive ketones (excluding diaryl/α,β-unsaturated/α-hetero) is 1. The lowest BCUT2D eigenvalue weighted by Crippen LogP contribution is -2.09. The molecule has 0 bridgehead atoms. The first-order valence-electron chi connectivity index (χ1n) is 6.70. The van der Waals surface area contributed by atoms with Gasteiger partial charge in [0.15, 0.2) is 5.78 Å². The van der Waals surface area contributed by atoms with Crippen LogP contribution in [0.2, 0.25) is 0 Å². The van der Waals surface area contributed by atoms with Gasteiger partial charge in [-0.3, -0.25) is 4.79 Å². The number of alkyl halides is 3. The maximum atomic E-state index is 12.6. The highest BCUT2D eigenvalue weighted by Gasteiger charge is 2.54. The Morgan fingerprint density at radius 2 is 1.74 bits per heavy atom. The fourth-order valence-electron chi connectivity index (χ4n) is 3.42. The first kappa shape index (κ1) is 12.7. The van der Waals surface area contributed by atoms with E-state index in [1.54, 1.807) is 0 Å². The van der Waals surface area contributed by atoms with Gasteiger partial charge in [-0.05, 0) is 36.8 Å². The van der Waals surface area contributed by atoms with Crippen LogP contribution in [0.4, 0.5) is 13.2 Å². The molecule has 2 aliphatic rings. The summed E-state index contributed by atoms with van der Waals surface area (Å²) in [4.78, 5) is 12.3. The molecule has 0 heterocycles. The number of hydrogen-bond donors (Lipinski definition) is 0. The van der Waals surface area contributed by atoms with Crippen LogP contribution in [0.1, 0.15) is 41.6 Å². The molecule has 19 heavy (non-hydrogen) atoms. The highest BCUT2D eigenvalue weighted by molar-refractivity contribution is 6.00. The summed E-state index contributed by atoms with van der Waals surface area (Å²) < 4.78 is 37.9. The van der Waals surface area contributed by atoms with Crippen molar-refractivity contribution in [1.82, 2.24) is 0 Å². The third kappa shape index (κ3) is 2.28. The second kappa shape index (κ2) is 4.36. The number of fused-ring (bicyclic) bond motifs is 1. The van der Waals surface area contributed by atoms with Crippen LogP contribution in [-0.4, -0.2) is 5.78 Å². The van der Waals surface area contributed by atoms with E-state index in [1.807, 2.05) is 0 Å². The number of carbonyl (C=O) groups excluding carboxylic acids is 1. The maximum Gasteiger partial charge on any atom is 0.416 e. The Morgan fingerprint density at radius 1 is 1.11 bits per heavy atom. The van der Waals surface area contributed by atoms with Crippen molar-refractivity contribution in [2.75, 3.05) is 0 Å². The van der Waals surface area contributed by atoms with E-state index in [2.05, 4.69) is 0 Å². The SMILES string of the molecule is O=C(c1cccc(C(F)(F)F)c1)C1C2CCCCC21. The van der Waals surface area contributed by atoms with E-state index in [-0.39, 0.29) is 17.3 Å². The molecule has 2 aliphatic carbocycles. The molecule has 0 amide bonds. The standard InChI is InChI=1S/C15H15F3O/c16-15(17,18)10-5-3-4-9(8-10)14(19)13-11-6-1-2-7-12(11)13/h3-5,8,11-13H,1-2,6-7H2. The number of halogens is 3. The molecular formula is C15H15F3O. The number of ketones is 1. The number of rotatable bonds is 2. The molecule has 0 N–H and O–H groups in total. The minimum absolute atomic E-state index is 0.0222. The fourth-order valence-corrected chi connectivity index (χ4v) is 3.42. The van der Waals surface area contributed by atoms with Gasteiger partial charge in [0, 0.05) is 11.5 Å². The number of hydrogen-bond acceptors (Lipinski definition) is 1. The lowest BCUT2D eigenvalue weighted by Gasteiger charge is -2.08. The van der Waals surface area contributed by atoms with Crippen LogP contribution in [0, 0.1) is 17.8 Å². The zero-order valence-corrected chi connectivity index (χ0v) is 10.4. The molecule has 4 heteroatoms. The van der Waals surface area contributed by atoms with Crippen LogP contribution in [0.5, 0.6) is 0 Å². The zero-order chi connectivity index (χ0) is 13.6. The van der Waals surface area contributed by atoms with E-state index < -0.39 is 11.7 Å². The normalized spacial score (nSPS) is 29.7. The summed E-state index contributed by atoms with van der Waals surface area (Å²) in [6.07, 6.45) is 0.0216. The predicted octanol–water partition coefficient (Wildman–Crippen LogP) is 4.32. The van der Waals surface area contributed by atoms with E-state index in [0.717, 1.165) is 37.8 Å². The molecule has 1 aromatic rings. The lowest BCUT2D eigenvalue weighted by molar-refractivity contribution is -0.137. The van der Waals surface area contributed by atoms with Gasteiger partial charge in [0.05, 0.1) is 5.56 Å². The van der Waals surface area contributed by atoms with Gasteiger partial charge >= 0.3 is 6.18 Å². The Bertz CT molecular complexity index is 494. The second-order valence-corrected chi connectivity index (χ2v) is 5.58. The number of benzene rings is 1. The quantitative estimate of drug-likeness (QED) is 0.730. The highest BCUT2D eigenvalue weighted by atomic mass is 19.4. The van der Waals surface area contributed by atoms with Crippen LogP contribution in [0.3, 0.4) is 0 Å². The molecule has 1 nitrogen and oxygen atoms in total. The molecule has 2 atom stereocenters. The van der Waals surface area contributed by atoms with Crippen LogP contribution in [0.15, 0.2) is 24.3 Å². The monoisotopic (exact) mass is 268 g/mol. The minimum atomic E-state index is -4.38. The van der Waals surface area contributed by atoms with Gasteiger partial charge in [-0.15, -0.1) is 0 Å².